The van der Waals surface area contributed by atoms with E-state index < -0.39 is 0 Å². The summed E-state index contributed by atoms with van der Waals surface area (Å²) in [6, 6.07) is 5.01. The maximum atomic E-state index is 11.8. The highest BCUT2D eigenvalue weighted by Crippen LogP contribution is 2.31. The first-order valence-corrected chi connectivity index (χ1v) is 8.24. The first-order chi connectivity index (χ1) is 10.2. The Morgan fingerprint density at radius 2 is 1.95 bits per heavy atom. The lowest BCUT2D eigenvalue weighted by Gasteiger charge is -2.35. The largest absolute Gasteiger partial charge is 0.367 e. The van der Waals surface area contributed by atoms with E-state index in [0.29, 0.717) is 6.04 Å². The van der Waals surface area contributed by atoms with Gasteiger partial charge >= 0.3 is 0 Å². The number of nitrogens with one attached hydrogen (secondary N) is 1. The van der Waals surface area contributed by atoms with Gasteiger partial charge in [0.25, 0.3) is 0 Å². The van der Waals surface area contributed by atoms with Crippen LogP contribution in [0.5, 0.6) is 0 Å². The molecule has 21 heavy (non-hydrogen) atoms. The van der Waals surface area contributed by atoms with Crippen LogP contribution in [0.4, 0.5) is 5.82 Å². The van der Waals surface area contributed by atoms with Crippen molar-refractivity contribution >= 4 is 11.7 Å². The fourth-order valence-corrected chi connectivity index (χ4v) is 3.62. The predicted octanol–water partition coefficient (Wildman–Crippen LogP) is 3.51. The zero-order valence-electron chi connectivity index (χ0n) is 12.8. The summed E-state index contributed by atoms with van der Waals surface area (Å²) < 4.78 is 0. The molecule has 1 amide bonds. The lowest BCUT2D eigenvalue weighted by Crippen LogP contribution is -2.37. The van der Waals surface area contributed by atoms with Crippen molar-refractivity contribution in [2.75, 3.05) is 11.9 Å². The Bertz CT molecular complexity index is 479. The van der Waals surface area contributed by atoms with Gasteiger partial charge in [-0.25, -0.2) is 4.98 Å². The Morgan fingerprint density at radius 1 is 1.19 bits per heavy atom. The molecule has 0 aromatic carbocycles. The first kappa shape index (κ1) is 14.4. The van der Waals surface area contributed by atoms with Crippen LogP contribution in [-0.4, -0.2) is 28.4 Å². The minimum absolute atomic E-state index is 0.174. The SMILES string of the molecule is CC(=O)N1CCCC[C@@H]1c1ccc(NC2CCCC2)nc1. The number of anilines is 1. The summed E-state index contributed by atoms with van der Waals surface area (Å²) in [6.07, 6.45) is 10.5. The Hall–Kier alpha value is -1.58. The normalized spacial score (nSPS) is 23.3. The van der Waals surface area contributed by atoms with E-state index in [-0.39, 0.29) is 11.9 Å². The molecule has 1 aromatic heterocycles. The van der Waals surface area contributed by atoms with E-state index in [9.17, 15) is 4.79 Å². The van der Waals surface area contributed by atoms with Crippen LogP contribution in [0.1, 0.15) is 63.5 Å². The molecule has 4 nitrogen and oxygen atoms in total. The molecule has 2 aliphatic rings. The molecule has 1 aliphatic carbocycles. The Kier molecular flexibility index (Phi) is 4.42. The smallest absolute Gasteiger partial charge is 0.219 e. The summed E-state index contributed by atoms with van der Waals surface area (Å²) in [5.74, 6) is 1.14. The standard InChI is InChI=1S/C17H25N3O/c1-13(21)20-11-5-4-8-16(20)14-9-10-17(18-12-14)19-15-6-2-3-7-15/h9-10,12,15-16H,2-8,11H2,1H3,(H,18,19)/t16-/m1/s1. The van der Waals surface area contributed by atoms with Crippen LogP contribution in [0.3, 0.4) is 0 Å². The molecule has 0 bridgehead atoms. The topological polar surface area (TPSA) is 45.2 Å². The van der Waals surface area contributed by atoms with E-state index >= 15 is 0 Å². The molecule has 4 heteroatoms. The number of likely N-dealkylation sites (tertiary alicyclic amines) is 1. The molecule has 1 saturated carbocycles. The Morgan fingerprint density at radius 3 is 2.62 bits per heavy atom. The van der Waals surface area contributed by atoms with Gasteiger partial charge in [0, 0.05) is 25.7 Å². The van der Waals surface area contributed by atoms with Crippen molar-refractivity contribution in [3.8, 4) is 0 Å². The number of carbonyl (C=O) groups excluding carboxylic acids is 1. The number of piperidine rings is 1. The lowest BCUT2D eigenvalue weighted by atomic mass is 9.96. The van der Waals surface area contributed by atoms with E-state index in [0.717, 1.165) is 25.2 Å². The zero-order valence-corrected chi connectivity index (χ0v) is 12.8. The minimum atomic E-state index is 0.174. The van der Waals surface area contributed by atoms with Crippen molar-refractivity contribution < 1.29 is 4.79 Å². The lowest BCUT2D eigenvalue weighted by molar-refractivity contribution is -0.132. The van der Waals surface area contributed by atoms with Crippen LogP contribution in [-0.2, 0) is 4.79 Å². The van der Waals surface area contributed by atoms with E-state index in [1.807, 2.05) is 11.1 Å². The summed E-state index contributed by atoms with van der Waals surface area (Å²) in [7, 11) is 0. The second-order valence-corrected chi connectivity index (χ2v) is 6.33. The highest BCUT2D eigenvalue weighted by Gasteiger charge is 2.26. The van der Waals surface area contributed by atoms with Crippen molar-refractivity contribution in [2.24, 2.45) is 0 Å². The molecule has 2 fully saturated rings. The summed E-state index contributed by atoms with van der Waals surface area (Å²) >= 11 is 0. The number of pyridine rings is 1. The molecule has 1 atom stereocenters. The number of hydrogen-bond acceptors (Lipinski definition) is 3. The number of nitrogens with zero attached hydrogens (tertiary/aromatic N) is 2. The molecule has 1 aliphatic heterocycles. The Labute approximate surface area is 126 Å². The predicted molar refractivity (Wildman–Crippen MR) is 84.1 cm³/mol. The van der Waals surface area contributed by atoms with Gasteiger partial charge in [0.05, 0.1) is 6.04 Å². The number of hydrogen-bond donors (Lipinski definition) is 1. The summed E-state index contributed by atoms with van der Waals surface area (Å²) in [6.45, 7) is 2.55. The van der Waals surface area contributed by atoms with E-state index in [2.05, 4.69) is 22.4 Å². The first-order valence-electron chi connectivity index (χ1n) is 8.24. The van der Waals surface area contributed by atoms with Crippen LogP contribution < -0.4 is 5.32 Å². The van der Waals surface area contributed by atoms with Crippen molar-refractivity contribution in [1.29, 1.82) is 0 Å². The molecule has 1 N–H and O–H groups in total. The van der Waals surface area contributed by atoms with Crippen LogP contribution in [0.25, 0.3) is 0 Å². The van der Waals surface area contributed by atoms with Gasteiger partial charge in [0.1, 0.15) is 5.82 Å². The van der Waals surface area contributed by atoms with Crippen LogP contribution >= 0.6 is 0 Å². The Balaban J connectivity index is 1.68. The van der Waals surface area contributed by atoms with Gasteiger partial charge in [-0.1, -0.05) is 18.9 Å². The minimum Gasteiger partial charge on any atom is -0.367 e. The number of carbonyl (C=O) groups is 1. The monoisotopic (exact) mass is 287 g/mol. The molecule has 3 rings (SSSR count). The van der Waals surface area contributed by atoms with Gasteiger partial charge in [0.2, 0.25) is 5.91 Å². The molecule has 1 aromatic rings. The molecule has 0 radical (unpaired) electrons. The van der Waals surface area contributed by atoms with Gasteiger partial charge in [-0.3, -0.25) is 4.79 Å². The van der Waals surface area contributed by atoms with Crippen LogP contribution in [0, 0.1) is 0 Å². The molecule has 0 spiro atoms. The maximum absolute atomic E-state index is 11.8. The van der Waals surface area contributed by atoms with Crippen molar-refractivity contribution in [1.82, 2.24) is 9.88 Å². The highest BCUT2D eigenvalue weighted by atomic mass is 16.2. The van der Waals surface area contributed by atoms with Gasteiger partial charge in [-0.15, -0.1) is 0 Å². The van der Waals surface area contributed by atoms with Gasteiger partial charge in [-0.05, 0) is 43.7 Å². The average Bonchev–Trinajstić information content (AvgIpc) is 3.01. The van der Waals surface area contributed by atoms with Gasteiger partial charge in [0.15, 0.2) is 0 Å². The molecular formula is C17H25N3O. The molecule has 114 valence electrons. The van der Waals surface area contributed by atoms with Gasteiger partial charge in [-0.2, -0.15) is 0 Å². The second kappa shape index (κ2) is 6.46. The summed E-state index contributed by atoms with van der Waals surface area (Å²) in [5.41, 5.74) is 1.17. The third-order valence-corrected chi connectivity index (χ3v) is 4.79. The number of amides is 1. The van der Waals surface area contributed by atoms with Crippen molar-refractivity contribution in [3.63, 3.8) is 0 Å². The highest BCUT2D eigenvalue weighted by molar-refractivity contribution is 5.74. The second-order valence-electron chi connectivity index (χ2n) is 6.33. The molecule has 2 heterocycles. The average molecular weight is 287 g/mol. The molecule has 0 unspecified atom stereocenters. The van der Waals surface area contributed by atoms with Crippen LogP contribution in [0.2, 0.25) is 0 Å². The molecule has 1 saturated heterocycles. The fraction of sp³-hybridized carbons (Fsp3) is 0.647. The molecular weight excluding hydrogens is 262 g/mol. The van der Waals surface area contributed by atoms with E-state index in [1.54, 1.807) is 6.92 Å². The quantitative estimate of drug-likeness (QED) is 0.925. The number of aromatic nitrogens is 1. The van der Waals surface area contributed by atoms with E-state index in [4.69, 9.17) is 0 Å². The third kappa shape index (κ3) is 3.36. The van der Waals surface area contributed by atoms with Crippen molar-refractivity contribution in [2.45, 2.75) is 64.0 Å². The maximum Gasteiger partial charge on any atom is 0.219 e. The van der Waals surface area contributed by atoms with Gasteiger partial charge < -0.3 is 10.2 Å². The van der Waals surface area contributed by atoms with Crippen LogP contribution in [0.15, 0.2) is 18.3 Å². The third-order valence-electron chi connectivity index (χ3n) is 4.79. The summed E-state index contributed by atoms with van der Waals surface area (Å²) in [5, 5.41) is 3.51. The fourth-order valence-electron chi connectivity index (χ4n) is 3.62. The number of rotatable bonds is 3. The van der Waals surface area contributed by atoms with E-state index in [1.165, 1.54) is 37.7 Å². The van der Waals surface area contributed by atoms with Crippen molar-refractivity contribution in [3.05, 3.63) is 23.9 Å². The zero-order chi connectivity index (χ0) is 14.7. The summed E-state index contributed by atoms with van der Waals surface area (Å²) in [4.78, 5) is 18.3.